The van der Waals surface area contributed by atoms with Crippen LogP contribution >= 0.6 is 0 Å². The molecule has 0 aliphatic carbocycles. The highest BCUT2D eigenvalue weighted by atomic mass is 16.6. The maximum atomic E-state index is 12.8. The standard InChI is InChI=1S/C21H26N4O5/c1-15(21(26)22-17-14-16(25(27)28)8-9-19(17)29-2)23-10-12-24(13-11-23)18-6-4-5-7-20(18)30-3/h4-9,14-15H,10-13H2,1-3H3,(H,22,26)/p+1/t15-/m0/s1. The number of benzene rings is 2. The van der Waals surface area contributed by atoms with Gasteiger partial charge in [-0.3, -0.25) is 14.9 Å². The van der Waals surface area contributed by atoms with E-state index in [0.717, 1.165) is 42.5 Å². The second kappa shape index (κ2) is 9.45. The van der Waals surface area contributed by atoms with E-state index in [0.29, 0.717) is 11.4 Å². The fourth-order valence-electron chi connectivity index (χ4n) is 3.69. The Kier molecular flexibility index (Phi) is 6.73. The second-order valence-electron chi connectivity index (χ2n) is 7.17. The lowest BCUT2D eigenvalue weighted by Gasteiger charge is -2.36. The SMILES string of the molecule is COc1ccc([N+](=O)[O-])cc1NC(=O)[C@H](C)[NH+]1CCN(c2ccccc2OC)CC1. The molecule has 1 amide bonds. The number of hydrogen-bond acceptors (Lipinski definition) is 6. The Morgan fingerprint density at radius 2 is 1.80 bits per heavy atom. The minimum absolute atomic E-state index is 0.100. The van der Waals surface area contributed by atoms with E-state index in [4.69, 9.17) is 9.47 Å². The van der Waals surface area contributed by atoms with Crippen molar-refractivity contribution in [1.29, 1.82) is 0 Å². The molecule has 0 aromatic heterocycles. The Morgan fingerprint density at radius 3 is 2.43 bits per heavy atom. The summed E-state index contributed by atoms with van der Waals surface area (Å²) in [6, 6.07) is 11.7. The normalized spacial score (nSPS) is 15.4. The molecule has 1 aliphatic rings. The molecule has 0 spiro atoms. The monoisotopic (exact) mass is 415 g/mol. The van der Waals surface area contributed by atoms with Crippen molar-refractivity contribution >= 4 is 23.0 Å². The van der Waals surface area contributed by atoms with Crippen LogP contribution in [0.15, 0.2) is 42.5 Å². The molecule has 0 bridgehead atoms. The van der Waals surface area contributed by atoms with E-state index in [-0.39, 0.29) is 17.6 Å². The lowest BCUT2D eigenvalue weighted by atomic mass is 10.1. The number of nitro benzene ring substituents is 1. The average Bonchev–Trinajstić information content (AvgIpc) is 2.78. The zero-order valence-electron chi connectivity index (χ0n) is 17.4. The molecule has 1 atom stereocenters. The van der Waals surface area contributed by atoms with E-state index in [2.05, 4.69) is 10.2 Å². The van der Waals surface area contributed by atoms with E-state index < -0.39 is 4.92 Å². The van der Waals surface area contributed by atoms with Crippen LogP contribution in [-0.4, -0.2) is 57.3 Å². The molecule has 0 saturated carbocycles. The van der Waals surface area contributed by atoms with Crippen LogP contribution in [0.2, 0.25) is 0 Å². The van der Waals surface area contributed by atoms with Crippen LogP contribution in [0, 0.1) is 10.1 Å². The third-order valence-corrected chi connectivity index (χ3v) is 5.49. The van der Waals surface area contributed by atoms with Gasteiger partial charge in [0.1, 0.15) is 11.5 Å². The predicted octanol–water partition coefficient (Wildman–Crippen LogP) is 1.34. The largest absolute Gasteiger partial charge is 0.495 e. The third kappa shape index (κ3) is 4.62. The maximum absolute atomic E-state index is 12.8. The molecule has 160 valence electrons. The first kappa shape index (κ1) is 21.4. The number of non-ortho nitro benzene ring substituents is 1. The van der Waals surface area contributed by atoms with Crippen molar-refractivity contribution < 1.29 is 24.1 Å². The number of nitrogens with zero attached hydrogens (tertiary/aromatic N) is 2. The molecule has 1 fully saturated rings. The zero-order chi connectivity index (χ0) is 21.7. The van der Waals surface area contributed by atoms with Crippen molar-refractivity contribution in [2.24, 2.45) is 0 Å². The van der Waals surface area contributed by atoms with Crippen LogP contribution in [0.4, 0.5) is 17.1 Å². The number of nitrogens with one attached hydrogen (secondary N) is 2. The van der Waals surface area contributed by atoms with E-state index in [1.807, 2.05) is 31.2 Å². The Morgan fingerprint density at radius 1 is 1.13 bits per heavy atom. The minimum atomic E-state index is -0.499. The van der Waals surface area contributed by atoms with Crippen molar-refractivity contribution in [3.63, 3.8) is 0 Å². The number of carbonyl (C=O) groups excluding carboxylic acids is 1. The molecule has 30 heavy (non-hydrogen) atoms. The summed E-state index contributed by atoms with van der Waals surface area (Å²) in [5.74, 6) is 1.02. The van der Waals surface area contributed by atoms with E-state index >= 15 is 0 Å². The number of carbonyl (C=O) groups is 1. The summed E-state index contributed by atoms with van der Waals surface area (Å²) in [5.41, 5.74) is 1.25. The highest BCUT2D eigenvalue weighted by Gasteiger charge is 2.30. The highest BCUT2D eigenvalue weighted by molar-refractivity contribution is 5.95. The summed E-state index contributed by atoms with van der Waals surface area (Å²) in [6.45, 7) is 5.05. The first-order valence-corrected chi connectivity index (χ1v) is 9.80. The van der Waals surface area contributed by atoms with Crippen LogP contribution < -0.4 is 24.6 Å². The van der Waals surface area contributed by atoms with Gasteiger partial charge in [-0.1, -0.05) is 12.1 Å². The number of anilines is 2. The number of amides is 1. The summed E-state index contributed by atoms with van der Waals surface area (Å²) in [4.78, 5) is 26.8. The minimum Gasteiger partial charge on any atom is -0.495 e. The van der Waals surface area contributed by atoms with Crippen LogP contribution in [-0.2, 0) is 4.79 Å². The van der Waals surface area contributed by atoms with Gasteiger partial charge in [-0.25, -0.2) is 0 Å². The van der Waals surface area contributed by atoms with Gasteiger partial charge in [0, 0.05) is 12.1 Å². The van der Waals surface area contributed by atoms with Gasteiger partial charge in [0.05, 0.1) is 56.7 Å². The Labute approximate surface area is 175 Å². The topological polar surface area (TPSA) is 98.4 Å². The van der Waals surface area contributed by atoms with Gasteiger partial charge in [0.15, 0.2) is 6.04 Å². The number of piperazine rings is 1. The lowest BCUT2D eigenvalue weighted by molar-refractivity contribution is -0.914. The van der Waals surface area contributed by atoms with Gasteiger partial charge in [-0.15, -0.1) is 0 Å². The Balaban J connectivity index is 1.64. The summed E-state index contributed by atoms with van der Waals surface area (Å²) >= 11 is 0. The number of para-hydroxylation sites is 2. The molecule has 9 nitrogen and oxygen atoms in total. The number of hydrogen-bond donors (Lipinski definition) is 2. The van der Waals surface area contributed by atoms with Gasteiger partial charge < -0.3 is 24.6 Å². The van der Waals surface area contributed by atoms with Crippen LogP contribution in [0.3, 0.4) is 0 Å². The lowest BCUT2D eigenvalue weighted by Crippen LogP contribution is -3.19. The molecular formula is C21H27N4O5+. The van der Waals surface area contributed by atoms with Crippen molar-refractivity contribution in [3.8, 4) is 11.5 Å². The predicted molar refractivity (Wildman–Crippen MR) is 114 cm³/mol. The molecule has 2 aromatic rings. The van der Waals surface area contributed by atoms with Gasteiger partial charge in [-0.2, -0.15) is 0 Å². The second-order valence-corrected chi connectivity index (χ2v) is 7.17. The van der Waals surface area contributed by atoms with Crippen molar-refractivity contribution in [3.05, 3.63) is 52.6 Å². The molecular weight excluding hydrogens is 388 g/mol. The van der Waals surface area contributed by atoms with Gasteiger partial charge in [0.25, 0.3) is 11.6 Å². The smallest absolute Gasteiger partial charge is 0.282 e. The first-order chi connectivity index (χ1) is 14.4. The highest BCUT2D eigenvalue weighted by Crippen LogP contribution is 2.29. The molecule has 1 saturated heterocycles. The van der Waals surface area contributed by atoms with E-state index in [9.17, 15) is 14.9 Å². The molecule has 0 unspecified atom stereocenters. The van der Waals surface area contributed by atoms with Crippen LogP contribution in [0.5, 0.6) is 11.5 Å². The van der Waals surface area contributed by atoms with Crippen LogP contribution in [0.1, 0.15) is 6.92 Å². The number of methoxy groups -OCH3 is 2. The summed E-state index contributed by atoms with van der Waals surface area (Å²) in [6.07, 6.45) is 0. The molecule has 2 aromatic carbocycles. The van der Waals surface area contributed by atoms with E-state index in [1.54, 1.807) is 7.11 Å². The number of quaternary nitrogens is 1. The summed E-state index contributed by atoms with van der Waals surface area (Å²) < 4.78 is 10.7. The summed E-state index contributed by atoms with van der Waals surface area (Å²) in [5, 5.41) is 13.8. The molecule has 1 heterocycles. The third-order valence-electron chi connectivity index (χ3n) is 5.49. The van der Waals surface area contributed by atoms with Gasteiger partial charge in [0.2, 0.25) is 0 Å². The molecule has 9 heteroatoms. The van der Waals surface area contributed by atoms with Crippen molar-refractivity contribution in [1.82, 2.24) is 0 Å². The first-order valence-electron chi connectivity index (χ1n) is 9.80. The van der Waals surface area contributed by atoms with Crippen molar-refractivity contribution in [2.75, 3.05) is 50.6 Å². The number of nitro groups is 1. The number of rotatable bonds is 7. The number of ether oxygens (including phenoxy) is 2. The molecule has 2 N–H and O–H groups in total. The quantitative estimate of drug-likeness (QED) is 0.523. The average molecular weight is 415 g/mol. The van der Waals surface area contributed by atoms with Crippen molar-refractivity contribution in [2.45, 2.75) is 13.0 Å². The Hall–Kier alpha value is -3.33. The molecule has 1 aliphatic heterocycles. The molecule has 0 radical (unpaired) electrons. The fraction of sp³-hybridized carbons (Fsp3) is 0.381. The van der Waals surface area contributed by atoms with Gasteiger partial charge in [-0.05, 0) is 25.1 Å². The zero-order valence-corrected chi connectivity index (χ0v) is 17.4. The molecule has 3 rings (SSSR count). The fourth-order valence-corrected chi connectivity index (χ4v) is 3.69. The maximum Gasteiger partial charge on any atom is 0.282 e. The van der Waals surface area contributed by atoms with E-state index in [1.165, 1.54) is 25.3 Å². The summed E-state index contributed by atoms with van der Waals surface area (Å²) in [7, 11) is 3.12. The Bertz CT molecular complexity index is 912. The van der Waals surface area contributed by atoms with Gasteiger partial charge >= 0.3 is 0 Å². The van der Waals surface area contributed by atoms with Crippen LogP contribution in [0.25, 0.3) is 0 Å².